The van der Waals surface area contributed by atoms with E-state index in [0.29, 0.717) is 13.0 Å². The quantitative estimate of drug-likeness (QED) is 0.792. The van der Waals surface area contributed by atoms with E-state index in [2.05, 4.69) is 6.58 Å². The highest BCUT2D eigenvalue weighted by Crippen LogP contribution is 2.52. The summed E-state index contributed by atoms with van der Waals surface area (Å²) in [5.41, 5.74) is 2.12. The molecule has 1 heterocycles. The second-order valence-corrected chi connectivity index (χ2v) is 6.56. The van der Waals surface area contributed by atoms with Crippen LogP contribution in [0.4, 0.5) is 4.39 Å². The van der Waals surface area contributed by atoms with Crippen molar-refractivity contribution in [3.8, 4) is 0 Å². The number of carbonyl (C=O) groups is 1. The van der Waals surface area contributed by atoms with E-state index in [1.54, 1.807) is 12.1 Å². The molecule has 1 aliphatic carbocycles. The van der Waals surface area contributed by atoms with E-state index in [4.69, 9.17) is 4.74 Å². The number of amides is 1. The van der Waals surface area contributed by atoms with Gasteiger partial charge in [-0.2, -0.15) is 0 Å². The van der Waals surface area contributed by atoms with Gasteiger partial charge in [-0.05, 0) is 42.5 Å². The zero-order valence-corrected chi connectivity index (χ0v) is 13.7. The van der Waals surface area contributed by atoms with Crippen molar-refractivity contribution in [3.05, 3.63) is 47.8 Å². The molecule has 0 aromatic heterocycles. The molecule has 1 fully saturated rings. The molecule has 1 atom stereocenters. The normalized spacial score (nSPS) is 22.2. The van der Waals surface area contributed by atoms with E-state index in [9.17, 15) is 9.18 Å². The minimum absolute atomic E-state index is 0.00275. The molecule has 1 amide bonds. The van der Waals surface area contributed by atoms with Crippen molar-refractivity contribution in [3.63, 3.8) is 0 Å². The first-order valence-corrected chi connectivity index (χ1v) is 8.40. The van der Waals surface area contributed by atoms with Gasteiger partial charge in [-0.15, -0.1) is 6.58 Å². The van der Waals surface area contributed by atoms with Crippen LogP contribution in [-0.4, -0.2) is 30.5 Å². The molecule has 23 heavy (non-hydrogen) atoms. The smallest absolute Gasteiger partial charge is 0.222 e. The molecule has 1 aliphatic heterocycles. The van der Waals surface area contributed by atoms with E-state index < -0.39 is 0 Å². The third kappa shape index (κ3) is 2.92. The van der Waals surface area contributed by atoms with Crippen molar-refractivity contribution in [2.24, 2.45) is 0 Å². The van der Waals surface area contributed by atoms with Crippen LogP contribution >= 0.6 is 0 Å². The molecule has 1 aromatic carbocycles. The highest BCUT2D eigenvalue weighted by atomic mass is 19.1. The number of halogens is 1. The Morgan fingerprint density at radius 1 is 1.48 bits per heavy atom. The molecule has 0 bridgehead atoms. The van der Waals surface area contributed by atoms with Gasteiger partial charge in [0, 0.05) is 24.9 Å². The topological polar surface area (TPSA) is 29.5 Å². The van der Waals surface area contributed by atoms with Gasteiger partial charge in [-0.3, -0.25) is 4.79 Å². The van der Waals surface area contributed by atoms with Crippen LogP contribution in [0.5, 0.6) is 0 Å². The number of nitrogens with zero attached hydrogens (tertiary/aromatic N) is 1. The van der Waals surface area contributed by atoms with Gasteiger partial charge in [0.05, 0.1) is 12.7 Å². The number of likely N-dealkylation sites (tertiary alicyclic amines) is 1. The molecule has 0 unspecified atom stereocenters. The maximum Gasteiger partial charge on any atom is 0.222 e. The highest BCUT2D eigenvalue weighted by Gasteiger charge is 2.46. The first-order valence-electron chi connectivity index (χ1n) is 8.40. The van der Waals surface area contributed by atoms with Crippen LogP contribution in [-0.2, 0) is 14.9 Å². The van der Waals surface area contributed by atoms with Crippen LogP contribution < -0.4 is 0 Å². The predicted octanol–water partition coefficient (Wildman–Crippen LogP) is 3.74. The fourth-order valence-electron chi connectivity index (χ4n) is 4.06. The Morgan fingerprint density at radius 2 is 2.22 bits per heavy atom. The Labute approximate surface area is 137 Å². The lowest BCUT2D eigenvalue weighted by Gasteiger charge is -2.40. The van der Waals surface area contributed by atoms with Crippen LogP contribution in [0, 0.1) is 5.82 Å². The van der Waals surface area contributed by atoms with Crippen LogP contribution in [0.3, 0.4) is 0 Å². The molecule has 0 N–H and O–H groups in total. The Balaban J connectivity index is 1.85. The molecule has 3 rings (SSSR count). The summed E-state index contributed by atoms with van der Waals surface area (Å²) in [5, 5.41) is 0. The molecule has 2 aliphatic rings. The Kier molecular flexibility index (Phi) is 4.53. The van der Waals surface area contributed by atoms with Crippen LogP contribution in [0.15, 0.2) is 30.9 Å². The summed E-state index contributed by atoms with van der Waals surface area (Å²) in [6.45, 7) is 7.59. The van der Waals surface area contributed by atoms with E-state index in [1.807, 2.05) is 17.9 Å². The molecular formula is C19H24FNO2. The first kappa shape index (κ1) is 16.2. The molecule has 3 nitrogen and oxygen atoms in total. The first-order chi connectivity index (χ1) is 11.1. The zero-order valence-electron chi connectivity index (χ0n) is 13.7. The standard InChI is InChI=1S/C19H24FNO2/c1-3-11-23-17-13-19(16-12-14(20)5-6-15(16)17)7-9-21(10-8-19)18(22)4-2/h3,5-6,12,17H,1,4,7-11,13H2,2H3/t17-/m1/s1. The summed E-state index contributed by atoms with van der Waals surface area (Å²) >= 11 is 0. The van der Waals surface area contributed by atoms with Crippen molar-refractivity contribution in [1.82, 2.24) is 4.90 Å². The van der Waals surface area contributed by atoms with Crippen molar-refractivity contribution >= 4 is 5.91 Å². The van der Waals surface area contributed by atoms with Crippen molar-refractivity contribution in [2.45, 2.75) is 44.1 Å². The average molecular weight is 317 g/mol. The largest absolute Gasteiger partial charge is 0.369 e. The minimum atomic E-state index is -0.195. The van der Waals surface area contributed by atoms with Crippen LogP contribution in [0.25, 0.3) is 0 Å². The predicted molar refractivity (Wildman–Crippen MR) is 87.7 cm³/mol. The third-order valence-electron chi connectivity index (χ3n) is 5.30. The van der Waals surface area contributed by atoms with Gasteiger partial charge in [-0.1, -0.05) is 19.1 Å². The summed E-state index contributed by atoms with van der Waals surface area (Å²) < 4.78 is 19.7. The number of carbonyl (C=O) groups excluding carboxylic acids is 1. The molecule has 0 saturated carbocycles. The summed E-state index contributed by atoms with van der Waals surface area (Å²) in [5.74, 6) is 0.0105. The van der Waals surface area contributed by atoms with Crippen LogP contribution in [0.1, 0.15) is 49.8 Å². The second kappa shape index (κ2) is 6.44. The number of benzene rings is 1. The molecule has 1 spiro atoms. The fraction of sp³-hybridized carbons (Fsp3) is 0.526. The number of hydrogen-bond donors (Lipinski definition) is 0. The monoisotopic (exact) mass is 317 g/mol. The molecule has 1 aromatic rings. The number of rotatable bonds is 4. The van der Waals surface area contributed by atoms with Gasteiger partial charge in [0.25, 0.3) is 0 Å². The summed E-state index contributed by atoms with van der Waals surface area (Å²) in [4.78, 5) is 13.8. The van der Waals surface area contributed by atoms with Crippen LogP contribution in [0.2, 0.25) is 0 Å². The molecular weight excluding hydrogens is 293 g/mol. The maximum atomic E-state index is 13.8. The molecule has 124 valence electrons. The SMILES string of the molecule is C=CCO[C@@H]1CC2(CCN(C(=O)CC)CC2)c2cc(F)ccc21. The lowest BCUT2D eigenvalue weighted by Crippen LogP contribution is -2.44. The molecule has 0 radical (unpaired) electrons. The van der Waals surface area contributed by atoms with Gasteiger partial charge in [0.2, 0.25) is 5.91 Å². The number of fused-ring (bicyclic) bond motifs is 2. The van der Waals surface area contributed by atoms with E-state index in [1.165, 1.54) is 6.07 Å². The highest BCUT2D eigenvalue weighted by molar-refractivity contribution is 5.76. The van der Waals surface area contributed by atoms with E-state index in [0.717, 1.165) is 43.5 Å². The van der Waals surface area contributed by atoms with Gasteiger partial charge >= 0.3 is 0 Å². The Bertz CT molecular complexity index is 605. The minimum Gasteiger partial charge on any atom is -0.369 e. The lowest BCUT2D eigenvalue weighted by molar-refractivity contribution is -0.132. The van der Waals surface area contributed by atoms with E-state index in [-0.39, 0.29) is 23.2 Å². The number of piperidine rings is 1. The summed E-state index contributed by atoms with van der Waals surface area (Å²) in [7, 11) is 0. The van der Waals surface area contributed by atoms with Gasteiger partial charge in [-0.25, -0.2) is 4.39 Å². The van der Waals surface area contributed by atoms with Gasteiger partial charge < -0.3 is 9.64 Å². The van der Waals surface area contributed by atoms with Crippen molar-refractivity contribution < 1.29 is 13.9 Å². The Morgan fingerprint density at radius 3 is 2.87 bits per heavy atom. The molecule has 1 saturated heterocycles. The average Bonchev–Trinajstić information content (AvgIpc) is 2.86. The van der Waals surface area contributed by atoms with Crippen molar-refractivity contribution in [2.75, 3.05) is 19.7 Å². The maximum absolute atomic E-state index is 13.8. The Hall–Kier alpha value is -1.68. The second-order valence-electron chi connectivity index (χ2n) is 6.56. The molecule has 4 heteroatoms. The van der Waals surface area contributed by atoms with Gasteiger partial charge in [0.15, 0.2) is 0 Å². The number of hydrogen-bond acceptors (Lipinski definition) is 2. The van der Waals surface area contributed by atoms with E-state index >= 15 is 0 Å². The van der Waals surface area contributed by atoms with Gasteiger partial charge in [0.1, 0.15) is 5.82 Å². The lowest BCUT2D eigenvalue weighted by atomic mass is 9.73. The van der Waals surface area contributed by atoms with Crippen molar-refractivity contribution in [1.29, 1.82) is 0 Å². The summed E-state index contributed by atoms with van der Waals surface area (Å²) in [6.07, 6.45) is 4.91. The fourth-order valence-corrected chi connectivity index (χ4v) is 4.06. The number of ether oxygens (including phenoxy) is 1. The third-order valence-corrected chi connectivity index (χ3v) is 5.30. The summed E-state index contributed by atoms with van der Waals surface area (Å²) in [6, 6.07) is 5.04. The zero-order chi connectivity index (χ0) is 16.4.